The molecule has 0 saturated heterocycles. The van der Waals surface area contributed by atoms with Crippen LogP contribution in [0.3, 0.4) is 0 Å². The van der Waals surface area contributed by atoms with Crippen LogP contribution in [0.15, 0.2) is 15.9 Å². The van der Waals surface area contributed by atoms with Gasteiger partial charge in [0.25, 0.3) is 0 Å². The summed E-state index contributed by atoms with van der Waals surface area (Å²) in [6.45, 7) is 1.56. The standard InChI is InChI=1S/C11H12BrN3S/c12-7-4-10(16-6-7)11-8(5-13)14-15-3-1-2-9(11)15/h4,6H,1-3,5,13H2. The molecule has 0 fully saturated rings. The fourth-order valence-electron chi connectivity index (χ4n) is 2.26. The Morgan fingerprint density at radius 2 is 2.44 bits per heavy atom. The van der Waals surface area contributed by atoms with E-state index in [2.05, 4.69) is 37.2 Å². The lowest BCUT2D eigenvalue weighted by atomic mass is 10.1. The predicted octanol–water partition coefficient (Wildman–Crippen LogP) is 2.78. The highest BCUT2D eigenvalue weighted by molar-refractivity contribution is 9.10. The molecule has 0 amide bonds. The second kappa shape index (κ2) is 3.98. The molecule has 3 nitrogen and oxygen atoms in total. The van der Waals surface area contributed by atoms with Crippen molar-refractivity contribution < 1.29 is 0 Å². The second-order valence-electron chi connectivity index (χ2n) is 3.93. The minimum absolute atomic E-state index is 0.519. The molecule has 1 aliphatic heterocycles. The monoisotopic (exact) mass is 297 g/mol. The van der Waals surface area contributed by atoms with Crippen molar-refractivity contribution in [2.24, 2.45) is 5.73 Å². The molecule has 3 rings (SSSR count). The highest BCUT2D eigenvalue weighted by atomic mass is 79.9. The molecule has 5 heteroatoms. The number of hydrogen-bond acceptors (Lipinski definition) is 3. The summed E-state index contributed by atoms with van der Waals surface area (Å²) >= 11 is 5.24. The molecule has 0 aliphatic carbocycles. The number of nitrogens with two attached hydrogens (primary N) is 1. The summed E-state index contributed by atoms with van der Waals surface area (Å²) in [4.78, 5) is 1.27. The molecule has 16 heavy (non-hydrogen) atoms. The van der Waals surface area contributed by atoms with Gasteiger partial charge in [0.1, 0.15) is 0 Å². The summed E-state index contributed by atoms with van der Waals surface area (Å²) < 4.78 is 3.25. The maximum Gasteiger partial charge on any atom is 0.0849 e. The van der Waals surface area contributed by atoms with Gasteiger partial charge in [-0.05, 0) is 34.8 Å². The van der Waals surface area contributed by atoms with E-state index in [1.807, 2.05) is 0 Å². The molecule has 1 aliphatic rings. The van der Waals surface area contributed by atoms with Crippen LogP contribution in [0, 0.1) is 0 Å². The third-order valence-corrected chi connectivity index (χ3v) is 4.63. The van der Waals surface area contributed by atoms with Gasteiger partial charge in [-0.15, -0.1) is 11.3 Å². The predicted molar refractivity (Wildman–Crippen MR) is 69.5 cm³/mol. The van der Waals surface area contributed by atoms with Gasteiger partial charge in [0.2, 0.25) is 0 Å². The fraction of sp³-hybridized carbons (Fsp3) is 0.364. The van der Waals surface area contributed by atoms with Crippen LogP contribution in [0.2, 0.25) is 0 Å². The summed E-state index contributed by atoms with van der Waals surface area (Å²) in [5.74, 6) is 0. The molecule has 0 radical (unpaired) electrons. The first-order valence-corrected chi connectivity index (χ1v) is 7.00. The van der Waals surface area contributed by atoms with Crippen LogP contribution in [0.4, 0.5) is 0 Å². The second-order valence-corrected chi connectivity index (χ2v) is 5.76. The molecular weight excluding hydrogens is 286 g/mol. The van der Waals surface area contributed by atoms with Gasteiger partial charge in [-0.3, -0.25) is 4.68 Å². The number of hydrogen-bond donors (Lipinski definition) is 1. The molecule has 2 aromatic heterocycles. The Morgan fingerprint density at radius 3 is 3.12 bits per heavy atom. The zero-order valence-corrected chi connectivity index (χ0v) is 11.1. The van der Waals surface area contributed by atoms with Crippen LogP contribution >= 0.6 is 27.3 Å². The number of rotatable bonds is 2. The zero-order valence-electron chi connectivity index (χ0n) is 8.74. The average molecular weight is 298 g/mol. The molecule has 84 valence electrons. The first kappa shape index (κ1) is 10.5. The maximum atomic E-state index is 5.77. The van der Waals surface area contributed by atoms with Crippen molar-refractivity contribution in [2.45, 2.75) is 25.9 Å². The molecule has 0 spiro atoms. The van der Waals surface area contributed by atoms with Crippen molar-refractivity contribution in [1.29, 1.82) is 0 Å². The molecular formula is C11H12BrN3S. The SMILES string of the molecule is NCc1nn2c(c1-c1cc(Br)cs1)CCC2. The van der Waals surface area contributed by atoms with Crippen molar-refractivity contribution in [2.75, 3.05) is 0 Å². The molecule has 2 aromatic rings. The van der Waals surface area contributed by atoms with Crippen molar-refractivity contribution in [3.63, 3.8) is 0 Å². The first-order chi connectivity index (χ1) is 7.79. The Balaban J connectivity index is 2.18. The van der Waals surface area contributed by atoms with E-state index in [-0.39, 0.29) is 0 Å². The van der Waals surface area contributed by atoms with E-state index >= 15 is 0 Å². The van der Waals surface area contributed by atoms with E-state index in [0.717, 1.165) is 23.1 Å². The van der Waals surface area contributed by atoms with Crippen LogP contribution in [0.5, 0.6) is 0 Å². The van der Waals surface area contributed by atoms with Crippen LogP contribution in [-0.4, -0.2) is 9.78 Å². The minimum atomic E-state index is 0.519. The summed E-state index contributed by atoms with van der Waals surface area (Å²) in [5, 5.41) is 6.68. The normalized spacial score (nSPS) is 14.4. The lowest BCUT2D eigenvalue weighted by Crippen LogP contribution is -2.01. The highest BCUT2D eigenvalue weighted by Gasteiger charge is 2.22. The van der Waals surface area contributed by atoms with E-state index in [4.69, 9.17) is 5.73 Å². The Labute approximate surface area is 106 Å². The molecule has 0 saturated carbocycles. The van der Waals surface area contributed by atoms with Gasteiger partial charge in [0.05, 0.1) is 5.69 Å². The molecule has 0 aromatic carbocycles. The summed E-state index contributed by atoms with van der Waals surface area (Å²) in [6, 6.07) is 2.15. The molecule has 2 N–H and O–H groups in total. The smallest absolute Gasteiger partial charge is 0.0849 e. The lowest BCUT2D eigenvalue weighted by Gasteiger charge is -1.99. The Hall–Kier alpha value is -0.650. The lowest BCUT2D eigenvalue weighted by molar-refractivity contribution is 0.644. The summed E-state index contributed by atoms with van der Waals surface area (Å²) in [5.41, 5.74) is 9.43. The molecule has 0 unspecified atom stereocenters. The van der Waals surface area contributed by atoms with Gasteiger partial charge >= 0.3 is 0 Å². The number of nitrogens with zero attached hydrogens (tertiary/aromatic N) is 2. The Bertz CT molecular complexity index is 529. The van der Waals surface area contributed by atoms with Gasteiger partial charge in [0, 0.05) is 39.1 Å². The maximum absolute atomic E-state index is 5.77. The number of fused-ring (bicyclic) bond motifs is 1. The van der Waals surface area contributed by atoms with Gasteiger partial charge < -0.3 is 5.73 Å². The van der Waals surface area contributed by atoms with Gasteiger partial charge in [-0.1, -0.05) is 0 Å². The highest BCUT2D eigenvalue weighted by Crippen LogP contribution is 2.36. The Morgan fingerprint density at radius 1 is 1.56 bits per heavy atom. The largest absolute Gasteiger partial charge is 0.325 e. The van der Waals surface area contributed by atoms with E-state index in [9.17, 15) is 0 Å². The van der Waals surface area contributed by atoms with Gasteiger partial charge in [-0.25, -0.2) is 0 Å². The van der Waals surface area contributed by atoms with Crippen molar-refractivity contribution in [3.8, 4) is 10.4 Å². The molecule has 0 atom stereocenters. The first-order valence-electron chi connectivity index (χ1n) is 5.32. The van der Waals surface area contributed by atoms with E-state index in [1.165, 1.54) is 22.6 Å². The molecule has 0 bridgehead atoms. The fourth-order valence-corrected chi connectivity index (χ4v) is 3.78. The van der Waals surface area contributed by atoms with Gasteiger partial charge in [0.15, 0.2) is 0 Å². The van der Waals surface area contributed by atoms with Crippen molar-refractivity contribution in [1.82, 2.24) is 9.78 Å². The van der Waals surface area contributed by atoms with E-state index in [1.54, 1.807) is 11.3 Å². The minimum Gasteiger partial charge on any atom is -0.325 e. The summed E-state index contributed by atoms with van der Waals surface area (Å²) in [6.07, 6.45) is 2.32. The average Bonchev–Trinajstić information content (AvgIpc) is 2.91. The van der Waals surface area contributed by atoms with E-state index in [0.29, 0.717) is 6.54 Å². The number of thiophene rings is 1. The van der Waals surface area contributed by atoms with Crippen LogP contribution in [0.25, 0.3) is 10.4 Å². The Kier molecular flexibility index (Phi) is 2.61. The zero-order chi connectivity index (χ0) is 11.1. The summed E-state index contributed by atoms with van der Waals surface area (Å²) in [7, 11) is 0. The third kappa shape index (κ3) is 1.54. The van der Waals surface area contributed by atoms with Crippen molar-refractivity contribution in [3.05, 3.63) is 27.3 Å². The van der Waals surface area contributed by atoms with Gasteiger partial charge in [-0.2, -0.15) is 5.10 Å². The van der Waals surface area contributed by atoms with E-state index < -0.39 is 0 Å². The van der Waals surface area contributed by atoms with Crippen LogP contribution in [0.1, 0.15) is 17.8 Å². The van der Waals surface area contributed by atoms with Crippen molar-refractivity contribution >= 4 is 27.3 Å². The topological polar surface area (TPSA) is 43.8 Å². The number of aromatic nitrogens is 2. The van der Waals surface area contributed by atoms with Crippen LogP contribution in [-0.2, 0) is 19.5 Å². The quantitative estimate of drug-likeness (QED) is 0.926. The number of aryl methyl sites for hydroxylation is 1. The van der Waals surface area contributed by atoms with Crippen LogP contribution < -0.4 is 5.73 Å². The number of halogens is 1. The molecule has 3 heterocycles. The third-order valence-electron chi connectivity index (χ3n) is 2.92.